The summed E-state index contributed by atoms with van der Waals surface area (Å²) in [5.41, 5.74) is 0. The molecule has 0 aliphatic rings. The van der Waals surface area contributed by atoms with Crippen molar-refractivity contribution in [2.24, 2.45) is 0 Å². The van der Waals surface area contributed by atoms with E-state index in [1.165, 1.54) is 12.8 Å². The third kappa shape index (κ3) is 5.45. The normalized spacial score (nSPS) is 9.25. The van der Waals surface area contributed by atoms with Gasteiger partial charge in [-0.05, 0) is 0 Å². The summed E-state index contributed by atoms with van der Waals surface area (Å²) in [6.07, 6.45) is 2.48. The third-order valence-corrected chi connectivity index (χ3v) is 6.21. The van der Waals surface area contributed by atoms with E-state index in [0.29, 0.717) is 0 Å². The first-order chi connectivity index (χ1) is 3.81. The van der Waals surface area contributed by atoms with Crippen LogP contribution < -0.4 is 0 Å². The van der Waals surface area contributed by atoms with E-state index in [0.717, 1.165) is 21.9 Å². The molecule has 0 radical (unpaired) electrons. The molecule has 0 aromatic rings. The van der Waals surface area contributed by atoms with Crippen molar-refractivity contribution in [1.29, 1.82) is 0 Å². The van der Waals surface area contributed by atoms with Crippen molar-refractivity contribution < 1.29 is 2.84 Å². The predicted octanol–water partition coefficient (Wildman–Crippen LogP) is 1.08. The maximum Gasteiger partial charge on any atom is 0.560 e. The maximum absolute atomic E-state index is 5.80. The number of unbranched alkanes of at least 4 members (excludes halogenated alkanes) is 1. The van der Waals surface area contributed by atoms with Gasteiger partial charge in [0.15, 0.2) is 0 Å². The quantitative estimate of drug-likeness (QED) is 0.565. The Labute approximate surface area is 68.0 Å². The average molecular weight is 165 g/mol. The van der Waals surface area contributed by atoms with Gasteiger partial charge in [-0.2, -0.15) is 0 Å². The molecule has 46 valence electrons. The molecule has 0 aromatic carbocycles. The van der Waals surface area contributed by atoms with Gasteiger partial charge in [-0.25, -0.2) is 10.0 Å². The Kier molecular flexibility index (Phi) is 7.49. The fraction of sp³-hybridized carbons (Fsp3) is 1.00. The van der Waals surface area contributed by atoms with E-state index in [2.05, 4.69) is 6.92 Å². The number of halogens is 1. The first-order valence-corrected chi connectivity index (χ1v) is 6.83. The molecule has 0 saturated carbocycles. The number of hydrogen-bond donors (Lipinski definition) is 0. The van der Waals surface area contributed by atoms with Crippen LogP contribution in [0.1, 0.15) is 19.8 Å². The van der Waals surface area contributed by atoms with Gasteiger partial charge in [0.25, 0.3) is 0 Å². The van der Waals surface area contributed by atoms with Gasteiger partial charge in [-0.1, -0.05) is 25.0 Å². The number of hydrogen-bond acceptors (Lipinski definition) is 1. The van der Waals surface area contributed by atoms with E-state index >= 15 is 0 Å². The summed E-state index contributed by atoms with van der Waals surface area (Å²) in [7, 11) is 5.80. The SMILES string of the molecule is CCC[CH2][Al]([Cl])[O][AlH2]. The monoisotopic (exact) mass is 164 g/mol. The first-order valence-electron chi connectivity index (χ1n) is 2.98. The van der Waals surface area contributed by atoms with Crippen LogP contribution in [0.25, 0.3) is 0 Å². The van der Waals surface area contributed by atoms with Gasteiger partial charge in [0, 0.05) is 0 Å². The summed E-state index contributed by atoms with van der Waals surface area (Å²) in [5.74, 6) is 0. The summed E-state index contributed by atoms with van der Waals surface area (Å²) in [5, 5.41) is 1.14. The molecular weight excluding hydrogens is 153 g/mol. The maximum atomic E-state index is 5.80. The molecule has 0 rings (SSSR count). The Balaban J connectivity index is 2.86. The van der Waals surface area contributed by atoms with E-state index in [9.17, 15) is 0 Å². The average Bonchev–Trinajstić information content (AvgIpc) is 1.83. The minimum absolute atomic E-state index is 0.819. The van der Waals surface area contributed by atoms with Crippen molar-refractivity contribution in [2.45, 2.75) is 25.0 Å². The molecule has 0 saturated heterocycles. The molecule has 0 spiro atoms. The Morgan fingerprint density at radius 2 is 2.38 bits per heavy atom. The number of rotatable bonds is 4. The van der Waals surface area contributed by atoms with Crippen LogP contribution in [0, 0.1) is 0 Å². The lowest BCUT2D eigenvalue weighted by Crippen LogP contribution is -2.06. The molecule has 4 heteroatoms. The van der Waals surface area contributed by atoms with Crippen LogP contribution in [-0.4, -0.2) is 30.2 Å². The second-order valence-corrected chi connectivity index (χ2v) is 6.53. The molecule has 0 aliphatic heterocycles. The fourth-order valence-corrected chi connectivity index (χ4v) is 2.62. The van der Waals surface area contributed by atoms with Crippen LogP contribution in [0.2, 0.25) is 5.28 Å². The van der Waals surface area contributed by atoms with Crippen LogP contribution in [0.15, 0.2) is 0 Å². The van der Waals surface area contributed by atoms with Gasteiger partial charge >= 0.3 is 30.2 Å². The zero-order valence-corrected chi connectivity index (χ0v) is 9.40. The minimum Gasteiger partial charge on any atom is -0.630 e. The topological polar surface area (TPSA) is 9.23 Å². The van der Waals surface area contributed by atoms with Crippen LogP contribution in [0.5, 0.6) is 0 Å². The highest BCUT2D eigenvalue weighted by Crippen LogP contribution is 2.03. The predicted molar refractivity (Wildman–Crippen MR) is 41.0 cm³/mol. The van der Waals surface area contributed by atoms with E-state index in [1.54, 1.807) is 0 Å². The summed E-state index contributed by atoms with van der Waals surface area (Å²) in [4.78, 5) is 0. The van der Waals surface area contributed by atoms with Crippen molar-refractivity contribution in [2.75, 3.05) is 0 Å². The zero-order chi connectivity index (χ0) is 6.41. The summed E-state index contributed by atoms with van der Waals surface area (Å²) < 4.78 is 5.10. The van der Waals surface area contributed by atoms with E-state index in [4.69, 9.17) is 12.9 Å². The minimum atomic E-state index is -1.17. The highest BCUT2D eigenvalue weighted by molar-refractivity contribution is 7.04. The van der Waals surface area contributed by atoms with E-state index in [-0.39, 0.29) is 0 Å². The Morgan fingerprint density at radius 3 is 2.75 bits per heavy atom. The van der Waals surface area contributed by atoms with Crippen LogP contribution in [0.3, 0.4) is 0 Å². The Bertz CT molecular complexity index is 53.3. The molecule has 0 aromatic heterocycles. The molecule has 0 amide bonds. The molecule has 0 unspecified atom stereocenters. The van der Waals surface area contributed by atoms with Crippen molar-refractivity contribution in [1.82, 2.24) is 0 Å². The summed E-state index contributed by atoms with van der Waals surface area (Å²) in [6, 6.07) is 0. The van der Waals surface area contributed by atoms with Crippen molar-refractivity contribution in [3.63, 3.8) is 0 Å². The molecule has 0 aliphatic carbocycles. The summed E-state index contributed by atoms with van der Waals surface area (Å²) in [6.45, 7) is 2.17. The van der Waals surface area contributed by atoms with Gasteiger partial charge < -0.3 is 2.84 Å². The molecule has 0 heterocycles. The molecule has 0 bridgehead atoms. The second kappa shape index (κ2) is 6.44. The van der Waals surface area contributed by atoms with E-state index < -0.39 is 13.6 Å². The van der Waals surface area contributed by atoms with Crippen LogP contribution in [0.4, 0.5) is 0 Å². The van der Waals surface area contributed by atoms with Crippen molar-refractivity contribution in [3.05, 3.63) is 0 Å². The second-order valence-electron chi connectivity index (χ2n) is 1.79. The van der Waals surface area contributed by atoms with Gasteiger partial charge in [0.05, 0.1) is 0 Å². The van der Waals surface area contributed by atoms with E-state index in [1.807, 2.05) is 0 Å². The van der Waals surface area contributed by atoms with Gasteiger partial charge in [0.2, 0.25) is 0 Å². The highest BCUT2D eigenvalue weighted by atomic mass is 35.6. The smallest absolute Gasteiger partial charge is 0.560 e. The molecule has 8 heavy (non-hydrogen) atoms. The molecule has 0 N–H and O–H groups in total. The standard InChI is InChI=1S/C4H9.2Al.ClH.O.2H/c1-3-4-2;;;;;;/h1,3-4H2,2H3;;;1H;;;/q;;+1;;;;/p-1. The Hall–Kier alpha value is 1.31. The van der Waals surface area contributed by atoms with Crippen LogP contribution in [-0.2, 0) is 2.84 Å². The largest absolute Gasteiger partial charge is 0.630 e. The zero-order valence-electron chi connectivity index (χ0n) is 5.48. The highest BCUT2D eigenvalue weighted by Gasteiger charge is 2.11. The summed E-state index contributed by atoms with van der Waals surface area (Å²) >= 11 is -0.346. The lowest BCUT2D eigenvalue weighted by Gasteiger charge is -1.98. The fourth-order valence-electron chi connectivity index (χ4n) is 0.482. The Morgan fingerprint density at radius 1 is 1.75 bits per heavy atom. The first kappa shape index (κ1) is 9.31. The van der Waals surface area contributed by atoms with Gasteiger partial charge in [-0.3, -0.25) is 0 Å². The third-order valence-electron chi connectivity index (χ3n) is 1.04. The van der Waals surface area contributed by atoms with Gasteiger partial charge in [0.1, 0.15) is 0 Å². The van der Waals surface area contributed by atoms with Gasteiger partial charge in [-0.15, -0.1) is 0 Å². The molecule has 1 nitrogen and oxygen atoms in total. The van der Waals surface area contributed by atoms with Crippen molar-refractivity contribution >= 4 is 40.2 Å². The molecule has 0 fully saturated rings. The molecular formula is C4H11Al2ClO. The lowest BCUT2D eigenvalue weighted by molar-refractivity contribution is 0.643. The molecule has 0 atom stereocenters. The van der Waals surface area contributed by atoms with Crippen molar-refractivity contribution in [3.8, 4) is 0 Å². The van der Waals surface area contributed by atoms with Crippen LogP contribution >= 0.6 is 10.0 Å². The lowest BCUT2D eigenvalue weighted by atomic mass is 10.4.